The topological polar surface area (TPSA) is 77.8 Å². The normalized spacial score (nSPS) is 10.8. The van der Waals surface area contributed by atoms with Crippen molar-refractivity contribution >= 4 is 16.8 Å². The summed E-state index contributed by atoms with van der Waals surface area (Å²) in [6.07, 6.45) is 4.77. The van der Waals surface area contributed by atoms with E-state index in [9.17, 15) is 0 Å². The molecule has 2 heterocycles. The molecule has 0 aliphatic rings. The Hall–Kier alpha value is -2.43. The fourth-order valence-corrected chi connectivity index (χ4v) is 1.47. The molecule has 0 radical (unpaired) electrons. The van der Waals surface area contributed by atoms with Gasteiger partial charge in [-0.05, 0) is 12.1 Å². The summed E-state index contributed by atoms with van der Waals surface area (Å²) in [7, 11) is 0. The number of rotatable bonds is 1. The second-order valence-corrected chi connectivity index (χ2v) is 3.37. The Morgan fingerprint density at radius 2 is 1.94 bits per heavy atom. The van der Waals surface area contributed by atoms with Gasteiger partial charge in [-0.3, -0.25) is 0 Å². The molecule has 0 aliphatic heterocycles. The summed E-state index contributed by atoms with van der Waals surface area (Å²) in [5, 5.41) is 0. The molecule has 2 N–H and O–H groups in total. The SMILES string of the molecule is Nc1ccc2nc(-c3cncnc3)oc2c1. The minimum Gasteiger partial charge on any atom is -0.436 e. The van der Waals surface area contributed by atoms with Crippen LogP contribution < -0.4 is 5.73 Å². The zero-order chi connectivity index (χ0) is 11.0. The Kier molecular flexibility index (Phi) is 1.83. The van der Waals surface area contributed by atoms with Gasteiger partial charge in [0.15, 0.2) is 5.58 Å². The second kappa shape index (κ2) is 3.30. The zero-order valence-corrected chi connectivity index (χ0v) is 8.29. The Balaban J connectivity index is 2.19. The summed E-state index contributed by atoms with van der Waals surface area (Å²) in [6.45, 7) is 0. The lowest BCUT2D eigenvalue weighted by molar-refractivity contribution is 0.619. The maximum atomic E-state index is 5.66. The Labute approximate surface area is 91.0 Å². The maximum Gasteiger partial charge on any atom is 0.230 e. The highest BCUT2D eigenvalue weighted by molar-refractivity contribution is 5.79. The van der Waals surface area contributed by atoms with Crippen LogP contribution in [-0.2, 0) is 0 Å². The summed E-state index contributed by atoms with van der Waals surface area (Å²) < 4.78 is 5.56. The molecule has 5 nitrogen and oxygen atoms in total. The van der Waals surface area contributed by atoms with Crippen molar-refractivity contribution in [3.05, 3.63) is 36.9 Å². The van der Waals surface area contributed by atoms with Crippen molar-refractivity contribution < 1.29 is 4.42 Å². The molecule has 3 aromatic rings. The van der Waals surface area contributed by atoms with Crippen molar-refractivity contribution in [2.45, 2.75) is 0 Å². The van der Waals surface area contributed by atoms with Crippen molar-refractivity contribution in [2.75, 3.05) is 5.73 Å². The average molecular weight is 212 g/mol. The molecule has 0 spiro atoms. The van der Waals surface area contributed by atoms with Crippen molar-refractivity contribution in [1.29, 1.82) is 0 Å². The predicted molar refractivity (Wildman–Crippen MR) is 59.4 cm³/mol. The van der Waals surface area contributed by atoms with E-state index in [1.165, 1.54) is 6.33 Å². The molecule has 0 fully saturated rings. The summed E-state index contributed by atoms with van der Waals surface area (Å²) in [5.74, 6) is 0.501. The Morgan fingerprint density at radius 3 is 2.75 bits per heavy atom. The molecule has 0 atom stereocenters. The van der Waals surface area contributed by atoms with Gasteiger partial charge >= 0.3 is 0 Å². The second-order valence-electron chi connectivity index (χ2n) is 3.37. The lowest BCUT2D eigenvalue weighted by Gasteiger charge is -1.90. The van der Waals surface area contributed by atoms with Crippen LogP contribution in [0, 0.1) is 0 Å². The molecule has 0 unspecified atom stereocenters. The van der Waals surface area contributed by atoms with Crippen LogP contribution in [0.15, 0.2) is 41.3 Å². The van der Waals surface area contributed by atoms with Gasteiger partial charge < -0.3 is 10.2 Å². The van der Waals surface area contributed by atoms with Crippen molar-refractivity contribution in [3.63, 3.8) is 0 Å². The Bertz CT molecular complexity index is 633. The number of hydrogen-bond acceptors (Lipinski definition) is 5. The number of nitrogens with two attached hydrogens (primary N) is 1. The van der Waals surface area contributed by atoms with Gasteiger partial charge in [0, 0.05) is 24.1 Å². The molecule has 0 saturated heterocycles. The van der Waals surface area contributed by atoms with Gasteiger partial charge in [0.05, 0.1) is 5.56 Å². The molecule has 2 aromatic heterocycles. The van der Waals surface area contributed by atoms with E-state index in [4.69, 9.17) is 10.2 Å². The lowest BCUT2D eigenvalue weighted by Crippen LogP contribution is -1.81. The van der Waals surface area contributed by atoms with Gasteiger partial charge in [-0.25, -0.2) is 15.0 Å². The predicted octanol–water partition coefficient (Wildman–Crippen LogP) is 1.87. The smallest absolute Gasteiger partial charge is 0.230 e. The molecular weight excluding hydrogens is 204 g/mol. The third-order valence-electron chi connectivity index (χ3n) is 2.22. The van der Waals surface area contributed by atoms with E-state index in [2.05, 4.69) is 15.0 Å². The summed E-state index contributed by atoms with van der Waals surface area (Å²) in [5.41, 5.74) is 8.50. The van der Waals surface area contributed by atoms with Gasteiger partial charge in [-0.1, -0.05) is 0 Å². The van der Waals surface area contributed by atoms with Crippen LogP contribution in [0.3, 0.4) is 0 Å². The standard InChI is InChI=1S/C11H8N4O/c12-8-1-2-9-10(3-8)16-11(15-9)7-4-13-6-14-5-7/h1-6H,12H2. The molecule has 1 aromatic carbocycles. The fourth-order valence-electron chi connectivity index (χ4n) is 1.47. The monoisotopic (exact) mass is 212 g/mol. The summed E-state index contributed by atoms with van der Waals surface area (Å²) in [4.78, 5) is 12.1. The van der Waals surface area contributed by atoms with Gasteiger partial charge in [-0.2, -0.15) is 0 Å². The molecule has 0 saturated carbocycles. The minimum absolute atomic E-state index is 0.501. The number of fused-ring (bicyclic) bond motifs is 1. The highest BCUT2D eigenvalue weighted by atomic mass is 16.3. The van der Waals surface area contributed by atoms with E-state index in [0.717, 1.165) is 11.1 Å². The van der Waals surface area contributed by atoms with Crippen molar-refractivity contribution in [3.8, 4) is 11.5 Å². The zero-order valence-electron chi connectivity index (χ0n) is 8.29. The number of nitrogens with zero attached hydrogens (tertiary/aromatic N) is 3. The van der Waals surface area contributed by atoms with E-state index in [1.807, 2.05) is 6.07 Å². The minimum atomic E-state index is 0.501. The lowest BCUT2D eigenvalue weighted by atomic mass is 10.3. The van der Waals surface area contributed by atoms with Crippen LogP contribution in [-0.4, -0.2) is 15.0 Å². The Morgan fingerprint density at radius 1 is 1.12 bits per heavy atom. The molecule has 3 rings (SSSR count). The number of benzene rings is 1. The third-order valence-corrected chi connectivity index (χ3v) is 2.22. The van der Waals surface area contributed by atoms with Crippen LogP contribution in [0.25, 0.3) is 22.6 Å². The molecule has 0 bridgehead atoms. The average Bonchev–Trinajstić information content (AvgIpc) is 2.73. The first kappa shape index (κ1) is 8.84. The van der Waals surface area contributed by atoms with Gasteiger partial charge in [0.2, 0.25) is 5.89 Å². The molecule has 16 heavy (non-hydrogen) atoms. The van der Waals surface area contributed by atoms with Crippen LogP contribution in [0.2, 0.25) is 0 Å². The maximum absolute atomic E-state index is 5.66. The summed E-state index contributed by atoms with van der Waals surface area (Å²) >= 11 is 0. The van der Waals surface area contributed by atoms with Crippen molar-refractivity contribution in [2.24, 2.45) is 0 Å². The van der Waals surface area contributed by atoms with E-state index >= 15 is 0 Å². The van der Waals surface area contributed by atoms with Crippen LogP contribution in [0.4, 0.5) is 5.69 Å². The largest absolute Gasteiger partial charge is 0.436 e. The van der Waals surface area contributed by atoms with Crippen LogP contribution in [0.1, 0.15) is 0 Å². The van der Waals surface area contributed by atoms with E-state index in [1.54, 1.807) is 24.5 Å². The molecule has 0 amide bonds. The van der Waals surface area contributed by atoms with E-state index < -0.39 is 0 Å². The van der Waals surface area contributed by atoms with Crippen LogP contribution in [0.5, 0.6) is 0 Å². The van der Waals surface area contributed by atoms with Gasteiger partial charge in [0.1, 0.15) is 11.8 Å². The number of anilines is 1. The van der Waals surface area contributed by atoms with Gasteiger partial charge in [-0.15, -0.1) is 0 Å². The first-order valence-electron chi connectivity index (χ1n) is 4.74. The molecule has 0 aliphatic carbocycles. The number of oxazole rings is 1. The highest BCUT2D eigenvalue weighted by Gasteiger charge is 2.08. The van der Waals surface area contributed by atoms with Gasteiger partial charge in [0.25, 0.3) is 0 Å². The molecule has 78 valence electrons. The van der Waals surface area contributed by atoms with Crippen LogP contribution >= 0.6 is 0 Å². The van der Waals surface area contributed by atoms with E-state index in [0.29, 0.717) is 17.2 Å². The first-order chi connectivity index (χ1) is 7.83. The summed E-state index contributed by atoms with van der Waals surface area (Å²) in [6, 6.07) is 5.35. The number of hydrogen-bond donors (Lipinski definition) is 1. The van der Waals surface area contributed by atoms with Crippen molar-refractivity contribution in [1.82, 2.24) is 15.0 Å². The number of nitrogen functional groups attached to an aromatic ring is 1. The van der Waals surface area contributed by atoms with E-state index in [-0.39, 0.29) is 0 Å². The number of aromatic nitrogens is 3. The quantitative estimate of drug-likeness (QED) is 0.623. The first-order valence-corrected chi connectivity index (χ1v) is 4.74. The molecule has 5 heteroatoms. The third kappa shape index (κ3) is 1.38. The molecular formula is C11H8N4O. The fraction of sp³-hybridized carbons (Fsp3) is 0. The highest BCUT2D eigenvalue weighted by Crippen LogP contribution is 2.24.